The summed E-state index contributed by atoms with van der Waals surface area (Å²) in [6.45, 7) is 7.78. The number of aryl methyl sites for hydroxylation is 1. The predicted molar refractivity (Wildman–Crippen MR) is 69.1 cm³/mol. The van der Waals surface area contributed by atoms with Gasteiger partial charge >= 0.3 is 0 Å². The topological polar surface area (TPSA) is 74.0 Å². The summed E-state index contributed by atoms with van der Waals surface area (Å²) in [6.07, 6.45) is -0.859. The van der Waals surface area contributed by atoms with Gasteiger partial charge in [-0.3, -0.25) is 0 Å². The molecule has 4 heteroatoms. The third kappa shape index (κ3) is 7.27. The Bertz CT molecular complexity index is 282. The van der Waals surface area contributed by atoms with Crippen molar-refractivity contribution in [3.8, 4) is 0 Å². The molecule has 0 aliphatic heterocycles. The summed E-state index contributed by atoms with van der Waals surface area (Å²) in [5.41, 5.74) is 1.83. The van der Waals surface area contributed by atoms with Crippen molar-refractivity contribution >= 4 is 0 Å². The van der Waals surface area contributed by atoms with E-state index in [-0.39, 0.29) is 38.9 Å². The van der Waals surface area contributed by atoms with Crippen LogP contribution in [0.1, 0.15) is 44.4 Å². The van der Waals surface area contributed by atoms with Crippen LogP contribution in [-0.4, -0.2) is 16.3 Å². The summed E-state index contributed by atoms with van der Waals surface area (Å²) in [4.78, 5) is 0. The Morgan fingerprint density at radius 1 is 1.12 bits per heavy atom. The normalized spacial score (nSPS) is 12.1. The van der Waals surface area contributed by atoms with Crippen molar-refractivity contribution in [2.75, 3.05) is 0 Å². The van der Waals surface area contributed by atoms with E-state index >= 15 is 0 Å². The molecule has 1 radical (unpaired) electrons. The van der Waals surface area contributed by atoms with Gasteiger partial charge in [-0.25, -0.2) is 0 Å². The fourth-order valence-corrected chi connectivity index (χ4v) is 1.35. The molecule has 0 spiro atoms. The molecule has 0 heterocycles. The van der Waals surface area contributed by atoms with Crippen LogP contribution in [-0.2, 0) is 32.7 Å². The molecule has 3 nitrogen and oxygen atoms in total. The average molecular weight is 315 g/mol. The van der Waals surface area contributed by atoms with Crippen LogP contribution in [0.2, 0.25) is 0 Å². The van der Waals surface area contributed by atoms with Gasteiger partial charge in [0, 0.05) is 32.7 Å². The van der Waals surface area contributed by atoms with Crippen LogP contribution in [0.5, 0.6) is 0 Å². The standard InChI is InChI=1S/C11H16O2.C2H6.H2N.Y/c1-3-10(12)11(13)9-7-5-4-6-8(9)2;1-2;;/h4-7,10-13H,3H2,1-2H3;1-2H3;1H2;/q;;-1;. The molecule has 1 aromatic carbocycles. The van der Waals surface area contributed by atoms with Crippen LogP contribution >= 0.6 is 0 Å². The Morgan fingerprint density at radius 3 is 2.00 bits per heavy atom. The summed E-state index contributed by atoms with van der Waals surface area (Å²) >= 11 is 0. The van der Waals surface area contributed by atoms with Gasteiger partial charge in [-0.15, -0.1) is 0 Å². The van der Waals surface area contributed by atoms with Crippen LogP contribution in [0.25, 0.3) is 6.15 Å². The van der Waals surface area contributed by atoms with Crippen LogP contribution in [0.15, 0.2) is 24.3 Å². The summed E-state index contributed by atoms with van der Waals surface area (Å²) < 4.78 is 0. The number of aliphatic hydroxyl groups excluding tert-OH is 2. The second-order valence-corrected chi connectivity index (χ2v) is 3.28. The minimum absolute atomic E-state index is 0. The van der Waals surface area contributed by atoms with Gasteiger partial charge in [0.15, 0.2) is 0 Å². The molecular weight excluding hydrogens is 291 g/mol. The Kier molecular flexibility index (Phi) is 16.7. The molecule has 0 amide bonds. The Hall–Kier alpha value is 0.204. The summed E-state index contributed by atoms with van der Waals surface area (Å²) in [6, 6.07) is 7.57. The molecule has 97 valence electrons. The van der Waals surface area contributed by atoms with E-state index in [1.165, 1.54) is 0 Å². The maximum Gasteiger partial charge on any atom is 0.105 e. The summed E-state index contributed by atoms with van der Waals surface area (Å²) in [5.74, 6) is 0. The van der Waals surface area contributed by atoms with Gasteiger partial charge in [-0.05, 0) is 24.5 Å². The molecule has 0 fully saturated rings. The first kappa shape index (κ1) is 22.4. The Morgan fingerprint density at radius 2 is 1.59 bits per heavy atom. The molecule has 0 bridgehead atoms. The first-order valence-corrected chi connectivity index (χ1v) is 5.58. The van der Waals surface area contributed by atoms with E-state index in [0.29, 0.717) is 6.42 Å². The molecule has 0 aliphatic carbocycles. The van der Waals surface area contributed by atoms with Crippen molar-refractivity contribution in [3.05, 3.63) is 41.5 Å². The number of nitrogens with two attached hydrogens (primary N) is 1. The molecule has 2 atom stereocenters. The molecule has 0 saturated heterocycles. The number of hydrogen-bond acceptors (Lipinski definition) is 2. The molecule has 4 N–H and O–H groups in total. The van der Waals surface area contributed by atoms with Gasteiger partial charge < -0.3 is 16.4 Å². The molecule has 0 aliphatic rings. The molecule has 17 heavy (non-hydrogen) atoms. The van der Waals surface area contributed by atoms with Gasteiger partial charge in [-0.1, -0.05) is 45.0 Å². The van der Waals surface area contributed by atoms with Crippen LogP contribution < -0.4 is 0 Å². The van der Waals surface area contributed by atoms with Crippen molar-refractivity contribution in [2.45, 2.75) is 46.3 Å². The Labute approximate surface area is 130 Å². The van der Waals surface area contributed by atoms with E-state index in [4.69, 9.17) is 0 Å². The Balaban J connectivity index is -0.000000464. The van der Waals surface area contributed by atoms with Crippen LogP contribution in [0.4, 0.5) is 0 Å². The first-order chi connectivity index (χ1) is 7.16. The zero-order valence-electron chi connectivity index (χ0n) is 11.2. The van der Waals surface area contributed by atoms with E-state index in [0.717, 1.165) is 11.1 Å². The van der Waals surface area contributed by atoms with Gasteiger partial charge in [0.05, 0.1) is 6.10 Å². The van der Waals surface area contributed by atoms with Crippen molar-refractivity contribution < 1.29 is 42.9 Å². The van der Waals surface area contributed by atoms with Gasteiger partial charge in [0.25, 0.3) is 0 Å². The minimum atomic E-state index is -0.758. The molecular formula is C13H24NO2Y-. The van der Waals surface area contributed by atoms with Crippen molar-refractivity contribution in [3.63, 3.8) is 0 Å². The number of benzene rings is 1. The molecule has 1 aromatic rings. The third-order valence-electron chi connectivity index (χ3n) is 2.29. The van der Waals surface area contributed by atoms with Crippen molar-refractivity contribution in [1.82, 2.24) is 0 Å². The van der Waals surface area contributed by atoms with Crippen LogP contribution in [0, 0.1) is 6.92 Å². The smallest absolute Gasteiger partial charge is 0.105 e. The fourth-order valence-electron chi connectivity index (χ4n) is 1.35. The summed E-state index contributed by atoms with van der Waals surface area (Å²) in [5, 5.41) is 19.2. The average Bonchev–Trinajstić information content (AvgIpc) is 2.30. The SMILES string of the molecule is CC.CCC(O)C(O)c1ccccc1C.[NH2-].[Y]. The minimum Gasteiger partial charge on any atom is -0.693 e. The maximum absolute atomic E-state index is 9.72. The molecule has 2 unspecified atom stereocenters. The largest absolute Gasteiger partial charge is 0.693 e. The van der Waals surface area contributed by atoms with Crippen molar-refractivity contribution in [1.29, 1.82) is 0 Å². The van der Waals surface area contributed by atoms with E-state index in [2.05, 4.69) is 0 Å². The summed E-state index contributed by atoms with van der Waals surface area (Å²) in [7, 11) is 0. The predicted octanol–water partition coefficient (Wildman–Crippen LogP) is 3.54. The molecule has 0 saturated carbocycles. The molecule has 0 aromatic heterocycles. The van der Waals surface area contributed by atoms with Crippen LogP contribution in [0.3, 0.4) is 0 Å². The zero-order valence-corrected chi connectivity index (χ0v) is 14.1. The fraction of sp³-hybridized carbons (Fsp3) is 0.538. The van der Waals surface area contributed by atoms with E-state index in [9.17, 15) is 10.2 Å². The molecule has 1 rings (SSSR count). The van der Waals surface area contributed by atoms with E-state index < -0.39 is 12.2 Å². The van der Waals surface area contributed by atoms with Crippen molar-refractivity contribution in [2.24, 2.45) is 0 Å². The number of aliphatic hydroxyl groups is 2. The van der Waals surface area contributed by atoms with Gasteiger partial charge in [-0.2, -0.15) is 0 Å². The van der Waals surface area contributed by atoms with Gasteiger partial charge in [0.2, 0.25) is 0 Å². The second-order valence-electron chi connectivity index (χ2n) is 3.28. The second kappa shape index (κ2) is 12.7. The number of rotatable bonds is 3. The first-order valence-electron chi connectivity index (χ1n) is 5.58. The number of hydrogen-bond donors (Lipinski definition) is 2. The van der Waals surface area contributed by atoms with E-state index in [1.807, 2.05) is 52.0 Å². The van der Waals surface area contributed by atoms with Gasteiger partial charge in [0.1, 0.15) is 6.10 Å². The van der Waals surface area contributed by atoms with E-state index in [1.54, 1.807) is 0 Å². The monoisotopic (exact) mass is 315 g/mol. The quantitative estimate of drug-likeness (QED) is 0.895. The third-order valence-corrected chi connectivity index (χ3v) is 2.29. The zero-order chi connectivity index (χ0) is 11.8. The maximum atomic E-state index is 9.72.